The van der Waals surface area contributed by atoms with E-state index in [0.29, 0.717) is 80.4 Å². The number of nitrogens with zero attached hydrogens (tertiary/aromatic N) is 6. The molecule has 6 heterocycles. The van der Waals surface area contributed by atoms with Crippen LogP contribution >= 0.6 is 0 Å². The normalized spacial score (nSPS) is 13.3. The summed E-state index contributed by atoms with van der Waals surface area (Å²) in [7, 11) is -10.1. The summed E-state index contributed by atoms with van der Waals surface area (Å²) >= 11 is 0. The van der Waals surface area contributed by atoms with Crippen molar-refractivity contribution < 1.29 is 51.3 Å². The van der Waals surface area contributed by atoms with E-state index in [-0.39, 0.29) is 52.6 Å². The van der Waals surface area contributed by atoms with Crippen LogP contribution in [0.2, 0.25) is 0 Å². The maximum atomic E-state index is 13.8. The molecule has 514 valence electrons. The average Bonchev–Trinajstić information content (AvgIpc) is 1.70. The molecule has 8 N–H and O–H groups in total. The van der Waals surface area contributed by atoms with Crippen molar-refractivity contribution in [1.82, 2.24) is 60.8 Å². The minimum Gasteiger partial charge on any atom is -0.350 e. The molecule has 0 bridgehead atoms. The van der Waals surface area contributed by atoms with Gasteiger partial charge in [-0.2, -0.15) is 0 Å². The second kappa shape index (κ2) is 29.4. The molecule has 1 saturated carbocycles. The van der Waals surface area contributed by atoms with Gasteiger partial charge in [0.2, 0.25) is 0 Å². The van der Waals surface area contributed by atoms with Crippen molar-refractivity contribution in [3.63, 3.8) is 0 Å². The number of fused-ring (bicyclic) bond motifs is 3. The topological polar surface area (TPSA) is 340 Å². The van der Waals surface area contributed by atoms with Crippen molar-refractivity contribution in [2.24, 2.45) is 5.73 Å². The molecule has 0 unspecified atom stereocenters. The summed E-state index contributed by atoms with van der Waals surface area (Å²) in [5, 5.41) is 6.96. The first-order chi connectivity index (χ1) is 46.6. The molecule has 0 radical (unpaired) electrons. The van der Waals surface area contributed by atoms with Crippen LogP contribution in [0.1, 0.15) is 130 Å². The van der Waals surface area contributed by atoms with Crippen LogP contribution in [0, 0.1) is 25.5 Å². The second-order valence-electron chi connectivity index (χ2n) is 24.9. The Morgan fingerprint density at radius 1 is 0.500 bits per heavy atom. The molecule has 1 aliphatic rings. The molecule has 0 aliphatic heterocycles. The molecule has 3 amide bonds. The van der Waals surface area contributed by atoms with E-state index in [2.05, 4.69) is 60.8 Å². The highest BCUT2D eigenvalue weighted by Gasteiger charge is 2.29. The van der Waals surface area contributed by atoms with Crippen molar-refractivity contribution in [1.29, 1.82) is 0 Å². The Bertz CT molecular complexity index is 5130. The third-order valence-corrected chi connectivity index (χ3v) is 23.7. The van der Waals surface area contributed by atoms with Crippen LogP contribution in [0.25, 0.3) is 67.3 Å². The summed E-state index contributed by atoms with van der Waals surface area (Å²) in [6, 6.07) is 29.2. The summed E-state index contributed by atoms with van der Waals surface area (Å²) in [5.41, 5.74) is 16.7. The molecule has 5 aromatic carbocycles. The number of aromatic nitrogens is 9. The van der Waals surface area contributed by atoms with Gasteiger partial charge in [0.15, 0.2) is 58.1 Å². The lowest BCUT2D eigenvalue weighted by molar-refractivity contribution is 0.0934. The number of carbonyl (C=O) groups excluding carboxylic acids is 3. The smallest absolute Gasteiger partial charge is 0.255 e. The number of amides is 3. The van der Waals surface area contributed by atoms with Crippen LogP contribution in [0.5, 0.6) is 0 Å². The van der Waals surface area contributed by atoms with Gasteiger partial charge in [0, 0.05) is 68.9 Å². The van der Waals surface area contributed by atoms with Crippen molar-refractivity contribution in [2.45, 2.75) is 137 Å². The van der Waals surface area contributed by atoms with E-state index in [1.54, 1.807) is 127 Å². The molecule has 22 nitrogen and oxygen atoms in total. The molecule has 0 spiro atoms. The molecule has 11 aromatic rings. The lowest BCUT2D eigenvalue weighted by Crippen LogP contribution is -2.51. The van der Waals surface area contributed by atoms with Crippen molar-refractivity contribution in [2.75, 3.05) is 6.54 Å². The highest BCUT2D eigenvalue weighted by atomic mass is 32.2. The number of aromatic amines is 3. The predicted octanol–water partition coefficient (Wildman–Crippen LogP) is 12.1. The summed E-state index contributed by atoms with van der Waals surface area (Å²) < 4.78 is 101. The zero-order valence-electron chi connectivity index (χ0n) is 55.2. The summed E-state index contributed by atoms with van der Waals surface area (Å²) in [6.07, 6.45) is 14.5. The van der Waals surface area contributed by atoms with E-state index in [1.807, 2.05) is 32.0 Å². The number of halogens is 2. The van der Waals surface area contributed by atoms with Gasteiger partial charge >= 0.3 is 0 Å². The Kier molecular flexibility index (Phi) is 21.2. The average molecular weight is 1390 g/mol. The molecule has 6 aromatic heterocycles. The number of carbonyl (C=O) groups is 3. The lowest BCUT2D eigenvalue weighted by atomic mass is 9.82. The van der Waals surface area contributed by atoms with Gasteiger partial charge in [-0.05, 0) is 127 Å². The van der Waals surface area contributed by atoms with Gasteiger partial charge in [-0.1, -0.05) is 86.0 Å². The Balaban J connectivity index is 0.000000189. The molecule has 0 atom stereocenters. The maximum absolute atomic E-state index is 13.8. The van der Waals surface area contributed by atoms with Gasteiger partial charge in [0.1, 0.15) is 16.6 Å². The fourth-order valence-corrected chi connectivity index (χ4v) is 14.2. The number of benzene rings is 5. The number of nitrogens with two attached hydrogens (primary N) is 1. The van der Waals surface area contributed by atoms with Crippen LogP contribution < -0.4 is 21.7 Å². The summed E-state index contributed by atoms with van der Waals surface area (Å²) in [5.74, 6) is -3.02. The van der Waals surface area contributed by atoms with Crippen LogP contribution in [-0.2, 0) is 42.6 Å². The molecule has 27 heteroatoms. The van der Waals surface area contributed by atoms with E-state index < -0.39 is 62.8 Å². The molecule has 12 rings (SSSR count). The van der Waals surface area contributed by atoms with Gasteiger partial charge in [0.05, 0.1) is 82.8 Å². The van der Waals surface area contributed by atoms with Crippen LogP contribution in [0.3, 0.4) is 0 Å². The second-order valence-corrected chi connectivity index (χ2v) is 32.4. The molecule has 0 saturated heterocycles. The predicted molar refractivity (Wildman–Crippen MR) is 376 cm³/mol. The first-order valence-electron chi connectivity index (χ1n) is 31.7. The van der Waals surface area contributed by atoms with Crippen molar-refractivity contribution in [3.05, 3.63) is 197 Å². The standard InChI is InChI=1S/C25H26N4O3S.C23H20F2N4O3S.C23H29N5O3S.2H2/c1-15(2)33(31,32)19-10-8-18(9-11-19)22-14-27-24-23(29-22)21(13-26-24)25(30)28-12-20-16(3)6-5-7-17(20)4;1-13(2)33(31,32)16-8-6-14(7-9-16)19-12-27-22-21(29-19)17(11-26-22)23(30)28-10-15-4-3-5-18(24)20(15)25;1-15(2)32(30,31)17-8-6-16(7-9-17)19-13-26-21-20(28-19)18(12-25-21)22(29)27-14-23(24)10-4-3-5-11-23;;/h5-11,13-15H,12H2,1-4H3,(H,26,27)(H,28,30);3-9,11-13H,10H2,1-2H3,(H,26,27)(H,28,30);6-9,12-13,15H,3-5,10-11,14,24H2,1-2H3,(H,25,26)(H,27,29);2*1H. The molecule has 1 aliphatic carbocycles. The van der Waals surface area contributed by atoms with Gasteiger partial charge in [0.25, 0.3) is 17.7 Å². The first kappa shape index (κ1) is 70.8. The van der Waals surface area contributed by atoms with Crippen LogP contribution in [0.15, 0.2) is 161 Å². The van der Waals surface area contributed by atoms with E-state index in [9.17, 15) is 48.4 Å². The molecule has 1 fully saturated rings. The van der Waals surface area contributed by atoms with E-state index in [4.69, 9.17) is 5.73 Å². The number of rotatable bonds is 18. The minimum atomic E-state index is -3.40. The number of aryl methyl sites for hydroxylation is 2. The zero-order valence-corrected chi connectivity index (χ0v) is 57.6. The number of sulfone groups is 3. The van der Waals surface area contributed by atoms with Crippen LogP contribution in [0.4, 0.5) is 8.78 Å². The van der Waals surface area contributed by atoms with Crippen LogP contribution in [-0.4, -0.2) is 116 Å². The maximum Gasteiger partial charge on any atom is 0.255 e. The number of nitrogens with one attached hydrogen (secondary N) is 6. The fourth-order valence-electron chi connectivity index (χ4n) is 11.0. The third kappa shape index (κ3) is 15.5. The van der Waals surface area contributed by atoms with Gasteiger partial charge in [-0.25, -0.2) is 63.9 Å². The van der Waals surface area contributed by atoms with E-state index >= 15 is 0 Å². The Morgan fingerprint density at radius 2 is 0.847 bits per heavy atom. The highest BCUT2D eigenvalue weighted by molar-refractivity contribution is 7.92. The molecular formula is C71H79F2N13O9S3. The zero-order chi connectivity index (χ0) is 70.4. The summed E-state index contributed by atoms with van der Waals surface area (Å²) in [6.45, 7) is 14.5. The molecular weight excluding hydrogens is 1310 g/mol. The fraction of sp³-hybridized carbons (Fsp3) is 0.282. The quantitative estimate of drug-likeness (QED) is 0.0420. The van der Waals surface area contributed by atoms with E-state index in [1.165, 1.54) is 43.1 Å². The molecule has 98 heavy (non-hydrogen) atoms. The van der Waals surface area contributed by atoms with Gasteiger partial charge in [-0.3, -0.25) is 14.4 Å². The number of hydrogen-bond donors (Lipinski definition) is 7. The largest absolute Gasteiger partial charge is 0.350 e. The summed E-state index contributed by atoms with van der Waals surface area (Å²) in [4.78, 5) is 74.9. The van der Waals surface area contributed by atoms with Crippen molar-refractivity contribution in [3.8, 4) is 33.8 Å². The number of hydrogen-bond acceptors (Lipinski definition) is 16. The monoisotopic (exact) mass is 1390 g/mol. The lowest BCUT2D eigenvalue weighted by Gasteiger charge is -2.33. The number of H-pyrrole nitrogens is 3. The van der Waals surface area contributed by atoms with Crippen molar-refractivity contribution >= 4 is 80.7 Å². The first-order valence-corrected chi connectivity index (χ1v) is 36.4. The minimum absolute atomic E-state index is 0. The van der Waals surface area contributed by atoms with Gasteiger partial charge < -0.3 is 36.6 Å². The Hall–Kier alpha value is -9.96. The van der Waals surface area contributed by atoms with E-state index in [0.717, 1.165) is 59.6 Å². The SMILES string of the molecule is CC(C)S(=O)(=O)c1ccc(-c2cnc3[nH]cc(C(=O)NCC4(N)CCCCC4)c3n2)cc1.CC(C)S(=O)(=O)c1ccc(-c2cnc3[nH]cc(C(=O)NCc4cccc(F)c4F)c3n2)cc1.Cc1cccc(C)c1CNC(=O)c1c[nH]c2ncc(-c3ccc(S(=O)(=O)C(C)C)cc3)nc12.[HH].[HH]. The highest BCUT2D eigenvalue weighted by Crippen LogP contribution is 2.30. The third-order valence-electron chi connectivity index (χ3n) is 17.2. The Morgan fingerprint density at radius 3 is 1.21 bits per heavy atom. The Labute approximate surface area is 569 Å². The van der Waals surface area contributed by atoms with Gasteiger partial charge in [-0.15, -0.1) is 0 Å².